The summed E-state index contributed by atoms with van der Waals surface area (Å²) in [5.41, 5.74) is 9.85. The van der Waals surface area contributed by atoms with Crippen LogP contribution in [0.25, 0.3) is 27.6 Å². The Kier molecular flexibility index (Phi) is 6.63. The molecule has 0 spiro atoms. The number of likely N-dealkylation sites (tertiary alicyclic amines) is 1. The lowest BCUT2D eigenvalue weighted by Gasteiger charge is -2.16. The highest BCUT2D eigenvalue weighted by Gasteiger charge is 2.30. The van der Waals surface area contributed by atoms with E-state index in [0.29, 0.717) is 28.7 Å². The lowest BCUT2D eigenvalue weighted by Crippen LogP contribution is -2.20. The van der Waals surface area contributed by atoms with Crippen molar-refractivity contribution in [1.82, 2.24) is 28.6 Å². The molecule has 224 valence electrons. The summed E-state index contributed by atoms with van der Waals surface area (Å²) in [7, 11) is -4.32. The Hall–Kier alpha value is -4.81. The van der Waals surface area contributed by atoms with E-state index in [9.17, 15) is 13.2 Å². The van der Waals surface area contributed by atoms with Gasteiger partial charge in [-0.05, 0) is 88.3 Å². The largest absolute Gasteiger partial charge is 0.383 e. The number of nitrogens with zero attached hydrogens (tertiary/aromatic N) is 5. The molecule has 7 rings (SSSR count). The van der Waals surface area contributed by atoms with Crippen molar-refractivity contribution in [3.8, 4) is 5.69 Å². The van der Waals surface area contributed by atoms with Crippen LogP contribution in [0.1, 0.15) is 45.8 Å². The monoisotopic (exact) mass is 611 g/mol. The number of benzene rings is 3. The fraction of sp³-hybridized carbons (Fsp3) is 0.219. The number of nitrogen functional groups attached to an aromatic ring is 1. The molecule has 44 heavy (non-hydrogen) atoms. The van der Waals surface area contributed by atoms with E-state index in [-0.39, 0.29) is 27.5 Å². The van der Waals surface area contributed by atoms with E-state index < -0.39 is 21.6 Å². The smallest absolute Gasteiger partial charge is 0.268 e. The number of aromatic nitrogens is 5. The molecule has 1 aliphatic heterocycles. The predicted octanol–water partition coefficient (Wildman–Crippen LogP) is 5.11. The van der Waals surface area contributed by atoms with E-state index in [2.05, 4.69) is 20.0 Å². The molecule has 0 atom stereocenters. The van der Waals surface area contributed by atoms with Gasteiger partial charge in [-0.3, -0.25) is 9.69 Å². The van der Waals surface area contributed by atoms with Crippen molar-refractivity contribution in [2.45, 2.75) is 38.1 Å². The fourth-order valence-corrected chi connectivity index (χ4v) is 7.42. The molecule has 0 aliphatic carbocycles. The minimum atomic E-state index is -4.32. The molecule has 3 aromatic carbocycles. The Morgan fingerprint density at radius 2 is 1.77 bits per heavy atom. The highest BCUT2D eigenvalue weighted by Crippen LogP contribution is 2.32. The maximum atomic E-state index is 15.5. The third kappa shape index (κ3) is 4.66. The van der Waals surface area contributed by atoms with Crippen molar-refractivity contribution in [3.05, 3.63) is 101 Å². The molecule has 3 aromatic heterocycles. The molecule has 12 heteroatoms. The van der Waals surface area contributed by atoms with Crippen LogP contribution in [0.3, 0.4) is 0 Å². The van der Waals surface area contributed by atoms with Crippen molar-refractivity contribution < 1.29 is 17.6 Å². The number of carbonyl (C=O) groups is 1. The van der Waals surface area contributed by atoms with Gasteiger partial charge in [0, 0.05) is 17.5 Å². The Morgan fingerprint density at radius 1 is 1.02 bits per heavy atom. The van der Waals surface area contributed by atoms with Crippen LogP contribution < -0.4 is 5.73 Å². The normalized spacial score (nSPS) is 14.2. The summed E-state index contributed by atoms with van der Waals surface area (Å²) in [6, 6.07) is 16.1. The Morgan fingerprint density at radius 3 is 2.52 bits per heavy atom. The van der Waals surface area contributed by atoms with E-state index in [1.165, 1.54) is 35.1 Å². The van der Waals surface area contributed by atoms with Gasteiger partial charge in [0.15, 0.2) is 0 Å². The van der Waals surface area contributed by atoms with Crippen molar-refractivity contribution in [1.29, 1.82) is 0 Å². The predicted molar refractivity (Wildman–Crippen MR) is 166 cm³/mol. The van der Waals surface area contributed by atoms with Gasteiger partial charge in [0.1, 0.15) is 23.2 Å². The number of anilines is 1. The summed E-state index contributed by atoms with van der Waals surface area (Å²) in [4.78, 5) is 23.9. The van der Waals surface area contributed by atoms with Gasteiger partial charge >= 0.3 is 0 Å². The molecule has 6 aromatic rings. The minimum Gasteiger partial charge on any atom is -0.383 e. The first kappa shape index (κ1) is 28.0. The van der Waals surface area contributed by atoms with Crippen LogP contribution in [-0.4, -0.2) is 55.9 Å². The number of nitrogens with two attached hydrogens (primary N) is 1. The fourth-order valence-electron chi connectivity index (χ4n) is 5.92. The number of fused-ring (bicyclic) bond motifs is 2. The number of hydrogen-bond acceptors (Lipinski definition) is 7. The zero-order valence-corrected chi connectivity index (χ0v) is 25.0. The number of ketones is 1. The minimum absolute atomic E-state index is 0.0178. The Balaban J connectivity index is 1.37. The number of carbonyl (C=O) groups excluding carboxylic acids is 1. The summed E-state index contributed by atoms with van der Waals surface area (Å²) in [6.07, 6.45) is 3.42. The van der Waals surface area contributed by atoms with Crippen LogP contribution in [0.2, 0.25) is 0 Å². The van der Waals surface area contributed by atoms with E-state index >= 15 is 4.39 Å². The molecular formula is C32H30FN7O3S. The van der Waals surface area contributed by atoms with Crippen LogP contribution in [0.15, 0.2) is 71.8 Å². The van der Waals surface area contributed by atoms with E-state index in [0.717, 1.165) is 46.8 Å². The highest BCUT2D eigenvalue weighted by molar-refractivity contribution is 7.90. The third-order valence-electron chi connectivity index (χ3n) is 8.19. The first-order valence-electron chi connectivity index (χ1n) is 14.3. The molecule has 1 fully saturated rings. The number of halogens is 1. The molecule has 3 N–H and O–H groups in total. The number of aryl methyl sites for hydroxylation is 2. The molecule has 0 amide bonds. The molecule has 0 saturated carbocycles. The van der Waals surface area contributed by atoms with E-state index in [1.54, 1.807) is 30.3 Å². The molecular weight excluding hydrogens is 581 g/mol. The molecule has 4 heterocycles. The molecule has 10 nitrogen and oxygen atoms in total. The first-order chi connectivity index (χ1) is 21.1. The summed E-state index contributed by atoms with van der Waals surface area (Å²) in [5.74, 6) is -0.395. The lowest BCUT2D eigenvalue weighted by molar-refractivity contribution is 0.103. The topological polar surface area (TPSA) is 132 Å². The van der Waals surface area contributed by atoms with Gasteiger partial charge in [0.2, 0.25) is 5.78 Å². The Bertz CT molecular complexity index is 2190. The van der Waals surface area contributed by atoms with Gasteiger partial charge in [-0.15, -0.1) is 0 Å². The van der Waals surface area contributed by atoms with Gasteiger partial charge in [0.05, 0.1) is 38.9 Å². The highest BCUT2D eigenvalue weighted by atomic mass is 32.2. The summed E-state index contributed by atoms with van der Waals surface area (Å²) >= 11 is 0. The molecule has 0 bridgehead atoms. The lowest BCUT2D eigenvalue weighted by atomic mass is 10.1. The summed E-state index contributed by atoms with van der Waals surface area (Å²) < 4.78 is 46.1. The second-order valence-corrected chi connectivity index (χ2v) is 13.1. The van der Waals surface area contributed by atoms with Crippen LogP contribution in [0.4, 0.5) is 10.2 Å². The molecule has 0 radical (unpaired) electrons. The van der Waals surface area contributed by atoms with Crippen LogP contribution in [0, 0.1) is 19.7 Å². The number of nitrogens with one attached hydrogen (secondary N) is 1. The van der Waals surface area contributed by atoms with Gasteiger partial charge in [0.25, 0.3) is 10.0 Å². The molecule has 1 aliphatic rings. The standard InChI is InChI=1S/C32H30FN7O3S/c1-19-5-8-24(9-6-19)44(42,43)40-29-16-26(33)22(18-38-11-3-4-12-38)13-21(29)14-30(40)31(41)25-17-35-39(32(25)34)23-7-10-27-28(15-23)37-20(2)36-27/h5-10,13-17H,3-4,11-12,18,34H2,1-2H3,(H,36,37). The molecule has 0 unspecified atom stereocenters. The maximum Gasteiger partial charge on any atom is 0.268 e. The summed E-state index contributed by atoms with van der Waals surface area (Å²) in [5, 5.41) is 4.79. The number of hydrogen-bond donors (Lipinski definition) is 2. The van der Waals surface area contributed by atoms with E-state index in [4.69, 9.17) is 5.73 Å². The van der Waals surface area contributed by atoms with Gasteiger partial charge < -0.3 is 10.7 Å². The Labute approximate surface area is 253 Å². The second kappa shape index (κ2) is 10.4. The van der Waals surface area contributed by atoms with Crippen molar-refractivity contribution in [3.63, 3.8) is 0 Å². The van der Waals surface area contributed by atoms with Crippen molar-refractivity contribution >= 4 is 43.6 Å². The van der Waals surface area contributed by atoms with Gasteiger partial charge in [-0.2, -0.15) is 5.10 Å². The van der Waals surface area contributed by atoms with Crippen LogP contribution >= 0.6 is 0 Å². The number of rotatable bonds is 7. The number of imidazole rings is 1. The molecule has 1 saturated heterocycles. The van der Waals surface area contributed by atoms with Crippen molar-refractivity contribution in [2.24, 2.45) is 0 Å². The average Bonchev–Trinajstić information content (AvgIpc) is 3.78. The SMILES string of the molecule is Cc1ccc(S(=O)(=O)n2c(C(=O)c3cnn(-c4ccc5[nH]c(C)nc5c4)c3N)cc3cc(CN4CCCC4)c(F)cc32)cc1. The zero-order valence-electron chi connectivity index (χ0n) is 24.2. The quantitative estimate of drug-likeness (QED) is 0.240. The van der Waals surface area contributed by atoms with Crippen molar-refractivity contribution in [2.75, 3.05) is 18.8 Å². The maximum absolute atomic E-state index is 15.5. The third-order valence-corrected chi connectivity index (χ3v) is 9.93. The summed E-state index contributed by atoms with van der Waals surface area (Å²) in [6.45, 7) is 5.85. The van der Waals surface area contributed by atoms with Gasteiger partial charge in [-0.25, -0.2) is 26.4 Å². The average molecular weight is 612 g/mol. The van der Waals surface area contributed by atoms with Crippen LogP contribution in [0.5, 0.6) is 0 Å². The zero-order chi connectivity index (χ0) is 30.7. The van der Waals surface area contributed by atoms with Crippen LogP contribution in [-0.2, 0) is 16.6 Å². The second-order valence-electron chi connectivity index (χ2n) is 11.3. The number of aromatic amines is 1. The van der Waals surface area contributed by atoms with E-state index in [1.807, 2.05) is 19.9 Å². The van der Waals surface area contributed by atoms with Gasteiger partial charge in [-0.1, -0.05) is 17.7 Å². The number of H-pyrrole nitrogens is 1. The first-order valence-corrected chi connectivity index (χ1v) is 15.8.